The second kappa shape index (κ2) is 3.60. The molecular formula is C11H14N2. The van der Waals surface area contributed by atoms with E-state index in [1.165, 1.54) is 18.4 Å². The number of benzene rings is 1. The summed E-state index contributed by atoms with van der Waals surface area (Å²) in [5.74, 6) is 1.42. The quantitative estimate of drug-likeness (QED) is 0.552. The van der Waals surface area contributed by atoms with Crippen LogP contribution in [0.2, 0.25) is 0 Å². The van der Waals surface area contributed by atoms with E-state index in [0.717, 1.165) is 12.4 Å². The highest BCUT2D eigenvalue weighted by molar-refractivity contribution is 5.84. The summed E-state index contributed by atoms with van der Waals surface area (Å²) in [5.41, 5.74) is 7.00. The molecular weight excluding hydrogens is 160 g/mol. The molecule has 0 heterocycles. The smallest absolute Gasteiger partial charge is 0.0972 e. The van der Waals surface area contributed by atoms with Crippen LogP contribution in [0.1, 0.15) is 18.4 Å². The molecule has 2 nitrogen and oxygen atoms in total. The molecule has 2 N–H and O–H groups in total. The largest absolute Gasteiger partial charge is 0.387 e. The van der Waals surface area contributed by atoms with Crippen LogP contribution in [0.5, 0.6) is 0 Å². The zero-order valence-electron chi connectivity index (χ0n) is 7.61. The molecule has 1 fully saturated rings. The van der Waals surface area contributed by atoms with Crippen LogP contribution in [0.4, 0.5) is 0 Å². The number of hydrogen-bond donors (Lipinski definition) is 1. The van der Waals surface area contributed by atoms with Gasteiger partial charge in [-0.25, -0.2) is 0 Å². The number of amidine groups is 1. The van der Waals surface area contributed by atoms with E-state index in [-0.39, 0.29) is 0 Å². The summed E-state index contributed by atoms with van der Waals surface area (Å²) in [7, 11) is 0. The molecule has 13 heavy (non-hydrogen) atoms. The van der Waals surface area contributed by atoms with E-state index >= 15 is 0 Å². The van der Waals surface area contributed by atoms with Gasteiger partial charge in [0, 0.05) is 5.92 Å². The molecule has 0 spiro atoms. The first-order valence-corrected chi connectivity index (χ1v) is 4.70. The molecule has 1 aliphatic carbocycles. The zero-order chi connectivity index (χ0) is 9.10. The van der Waals surface area contributed by atoms with E-state index in [4.69, 9.17) is 5.73 Å². The average molecular weight is 174 g/mol. The SMILES string of the molecule is NC(=NCc1ccccc1)C1CC1. The number of nitrogens with two attached hydrogens (primary N) is 1. The molecule has 0 unspecified atom stereocenters. The van der Waals surface area contributed by atoms with E-state index in [2.05, 4.69) is 17.1 Å². The van der Waals surface area contributed by atoms with Crippen LogP contribution in [0.3, 0.4) is 0 Å². The van der Waals surface area contributed by atoms with Gasteiger partial charge in [-0.15, -0.1) is 0 Å². The van der Waals surface area contributed by atoms with Crippen LogP contribution < -0.4 is 5.73 Å². The lowest BCUT2D eigenvalue weighted by Crippen LogP contribution is -2.13. The summed E-state index contributed by atoms with van der Waals surface area (Å²) in [6.07, 6.45) is 2.45. The third-order valence-electron chi connectivity index (χ3n) is 2.28. The predicted molar refractivity (Wildman–Crippen MR) is 54.5 cm³/mol. The fraction of sp³-hybridized carbons (Fsp3) is 0.364. The Bertz CT molecular complexity index is 299. The first-order chi connectivity index (χ1) is 6.36. The molecule has 0 saturated heterocycles. The van der Waals surface area contributed by atoms with Gasteiger partial charge >= 0.3 is 0 Å². The van der Waals surface area contributed by atoms with Crippen molar-refractivity contribution in [1.29, 1.82) is 0 Å². The highest BCUT2D eigenvalue weighted by atomic mass is 14.9. The summed E-state index contributed by atoms with van der Waals surface area (Å²) in [5, 5.41) is 0. The summed E-state index contributed by atoms with van der Waals surface area (Å²) < 4.78 is 0. The van der Waals surface area contributed by atoms with Crippen molar-refractivity contribution in [2.45, 2.75) is 19.4 Å². The minimum atomic E-state index is 0.587. The van der Waals surface area contributed by atoms with Crippen molar-refractivity contribution in [2.24, 2.45) is 16.6 Å². The molecule has 1 aliphatic rings. The Morgan fingerprint density at radius 2 is 2.00 bits per heavy atom. The molecule has 68 valence electrons. The number of rotatable bonds is 3. The summed E-state index contributed by atoms with van der Waals surface area (Å²) >= 11 is 0. The van der Waals surface area contributed by atoms with Gasteiger partial charge in [0.15, 0.2) is 0 Å². The molecule has 1 saturated carbocycles. The highest BCUT2D eigenvalue weighted by Crippen LogP contribution is 2.28. The standard InChI is InChI=1S/C11H14N2/c12-11(10-6-7-10)13-8-9-4-2-1-3-5-9/h1-5,10H,6-8H2,(H2,12,13). The molecule has 2 rings (SSSR count). The Balaban J connectivity index is 1.95. The molecule has 0 amide bonds. The van der Waals surface area contributed by atoms with Gasteiger partial charge in [0.2, 0.25) is 0 Å². The first kappa shape index (κ1) is 8.30. The fourth-order valence-electron chi connectivity index (χ4n) is 1.27. The monoisotopic (exact) mass is 174 g/mol. The number of nitrogens with zero attached hydrogens (tertiary/aromatic N) is 1. The van der Waals surface area contributed by atoms with Crippen molar-refractivity contribution in [3.05, 3.63) is 35.9 Å². The van der Waals surface area contributed by atoms with Crippen molar-refractivity contribution >= 4 is 5.84 Å². The van der Waals surface area contributed by atoms with Gasteiger partial charge in [-0.3, -0.25) is 4.99 Å². The van der Waals surface area contributed by atoms with Crippen LogP contribution in [0.25, 0.3) is 0 Å². The van der Waals surface area contributed by atoms with Crippen LogP contribution in [-0.4, -0.2) is 5.84 Å². The van der Waals surface area contributed by atoms with Crippen LogP contribution in [0, 0.1) is 5.92 Å². The van der Waals surface area contributed by atoms with E-state index < -0.39 is 0 Å². The first-order valence-electron chi connectivity index (χ1n) is 4.70. The van der Waals surface area contributed by atoms with Crippen LogP contribution in [-0.2, 0) is 6.54 Å². The van der Waals surface area contributed by atoms with Gasteiger partial charge in [0.1, 0.15) is 0 Å². The van der Waals surface area contributed by atoms with Gasteiger partial charge in [-0.05, 0) is 18.4 Å². The molecule has 0 radical (unpaired) electrons. The lowest BCUT2D eigenvalue weighted by atomic mass is 10.2. The van der Waals surface area contributed by atoms with Crippen molar-refractivity contribution in [3.63, 3.8) is 0 Å². The molecule has 0 aliphatic heterocycles. The summed E-state index contributed by atoms with van der Waals surface area (Å²) in [6, 6.07) is 10.2. The van der Waals surface area contributed by atoms with Crippen LogP contribution >= 0.6 is 0 Å². The maximum Gasteiger partial charge on any atom is 0.0972 e. The third kappa shape index (κ3) is 2.31. The van der Waals surface area contributed by atoms with E-state index in [0.29, 0.717) is 5.92 Å². The van der Waals surface area contributed by atoms with Crippen molar-refractivity contribution in [1.82, 2.24) is 0 Å². The van der Waals surface area contributed by atoms with Gasteiger partial charge in [0.25, 0.3) is 0 Å². The maximum atomic E-state index is 5.78. The normalized spacial score (nSPS) is 17.4. The third-order valence-corrected chi connectivity index (χ3v) is 2.28. The topological polar surface area (TPSA) is 38.4 Å². The molecule has 2 heteroatoms. The minimum absolute atomic E-state index is 0.587. The minimum Gasteiger partial charge on any atom is -0.387 e. The Morgan fingerprint density at radius 1 is 1.31 bits per heavy atom. The molecule has 0 bridgehead atoms. The molecule has 1 aromatic carbocycles. The lowest BCUT2D eigenvalue weighted by molar-refractivity contribution is 1.02. The summed E-state index contributed by atoms with van der Waals surface area (Å²) in [6.45, 7) is 0.725. The Morgan fingerprint density at radius 3 is 2.62 bits per heavy atom. The number of aliphatic imine (C=N–C) groups is 1. The second-order valence-corrected chi connectivity index (χ2v) is 3.50. The predicted octanol–water partition coefficient (Wildman–Crippen LogP) is 1.95. The Hall–Kier alpha value is -1.31. The van der Waals surface area contributed by atoms with Crippen molar-refractivity contribution in [2.75, 3.05) is 0 Å². The van der Waals surface area contributed by atoms with Crippen molar-refractivity contribution in [3.8, 4) is 0 Å². The highest BCUT2D eigenvalue weighted by Gasteiger charge is 2.24. The average Bonchev–Trinajstić information content (AvgIpc) is 2.99. The Kier molecular flexibility index (Phi) is 2.30. The van der Waals surface area contributed by atoms with Gasteiger partial charge in [-0.2, -0.15) is 0 Å². The van der Waals surface area contributed by atoms with Gasteiger partial charge in [-0.1, -0.05) is 30.3 Å². The lowest BCUT2D eigenvalue weighted by Gasteiger charge is -1.98. The van der Waals surface area contributed by atoms with Gasteiger partial charge in [0.05, 0.1) is 12.4 Å². The summed E-state index contributed by atoms with van der Waals surface area (Å²) in [4.78, 5) is 4.35. The molecule has 0 atom stereocenters. The zero-order valence-corrected chi connectivity index (χ0v) is 7.61. The second-order valence-electron chi connectivity index (χ2n) is 3.50. The maximum absolute atomic E-state index is 5.78. The van der Waals surface area contributed by atoms with Crippen molar-refractivity contribution < 1.29 is 0 Å². The Labute approximate surface area is 78.5 Å². The van der Waals surface area contributed by atoms with E-state index in [1.807, 2.05) is 18.2 Å². The molecule has 1 aromatic rings. The number of hydrogen-bond acceptors (Lipinski definition) is 1. The van der Waals surface area contributed by atoms with Gasteiger partial charge < -0.3 is 5.73 Å². The fourth-order valence-corrected chi connectivity index (χ4v) is 1.27. The van der Waals surface area contributed by atoms with E-state index in [1.54, 1.807) is 0 Å². The van der Waals surface area contributed by atoms with Crippen LogP contribution in [0.15, 0.2) is 35.3 Å². The molecule has 0 aromatic heterocycles. The van der Waals surface area contributed by atoms with E-state index in [9.17, 15) is 0 Å².